The van der Waals surface area contributed by atoms with Gasteiger partial charge >= 0.3 is 0 Å². The molecule has 5 rings (SSSR count). The number of nitrogens with zero attached hydrogens (tertiary/aromatic N) is 7. The van der Waals surface area contributed by atoms with Gasteiger partial charge in [-0.2, -0.15) is 5.10 Å². The van der Waals surface area contributed by atoms with Gasteiger partial charge in [0.15, 0.2) is 5.65 Å². The molecule has 0 aliphatic rings. The van der Waals surface area contributed by atoms with Crippen LogP contribution < -0.4 is 5.32 Å². The number of halogens is 2. The van der Waals surface area contributed by atoms with Crippen molar-refractivity contribution in [2.24, 2.45) is 7.05 Å². The van der Waals surface area contributed by atoms with E-state index in [2.05, 4.69) is 30.6 Å². The number of fused-ring (bicyclic) bond motifs is 1. The van der Waals surface area contributed by atoms with Gasteiger partial charge < -0.3 is 5.32 Å². The first-order valence-corrected chi connectivity index (χ1v) is 9.81. The van der Waals surface area contributed by atoms with Crippen LogP contribution in [0.4, 0.5) is 16.2 Å². The predicted octanol–water partition coefficient (Wildman–Crippen LogP) is 4.05. The van der Waals surface area contributed by atoms with Crippen LogP contribution in [0.3, 0.4) is 0 Å². The number of benzene rings is 1. The molecule has 0 spiro atoms. The van der Waals surface area contributed by atoms with Crippen molar-refractivity contribution in [2.75, 3.05) is 5.32 Å². The highest BCUT2D eigenvalue weighted by atomic mass is 35.5. The Balaban J connectivity index is 1.43. The summed E-state index contributed by atoms with van der Waals surface area (Å²) in [6, 6.07) is 12.1. The van der Waals surface area contributed by atoms with E-state index >= 15 is 0 Å². The van der Waals surface area contributed by atoms with Crippen molar-refractivity contribution in [3.05, 3.63) is 83.3 Å². The van der Waals surface area contributed by atoms with Gasteiger partial charge in [-0.3, -0.25) is 9.08 Å². The average molecular weight is 435 g/mol. The lowest BCUT2D eigenvalue weighted by atomic mass is 10.1. The number of pyridine rings is 1. The number of anilines is 2. The molecule has 0 atom stereocenters. The second-order valence-electron chi connectivity index (χ2n) is 6.90. The van der Waals surface area contributed by atoms with Gasteiger partial charge in [-0.15, -0.1) is 10.2 Å². The minimum absolute atomic E-state index is 0.301. The molecule has 5 aromatic rings. The summed E-state index contributed by atoms with van der Waals surface area (Å²) in [4.78, 5) is 8.84. The van der Waals surface area contributed by atoms with Crippen molar-refractivity contribution in [1.82, 2.24) is 34.3 Å². The zero-order chi connectivity index (χ0) is 21.4. The van der Waals surface area contributed by atoms with Crippen molar-refractivity contribution in [2.45, 2.75) is 6.42 Å². The maximum absolute atomic E-state index is 14.2. The number of hydrogen-bond acceptors (Lipinski definition) is 6. The number of nitrogens with one attached hydrogen (secondary N) is 1. The van der Waals surface area contributed by atoms with E-state index < -0.39 is 0 Å². The fourth-order valence-electron chi connectivity index (χ4n) is 3.25. The molecule has 8 nitrogen and oxygen atoms in total. The monoisotopic (exact) mass is 434 g/mol. The van der Waals surface area contributed by atoms with Crippen LogP contribution in [0, 0.1) is 5.82 Å². The molecular weight excluding hydrogens is 419 g/mol. The number of hydrogen-bond donors (Lipinski definition) is 1. The van der Waals surface area contributed by atoms with Crippen molar-refractivity contribution in [3.8, 4) is 11.3 Å². The summed E-state index contributed by atoms with van der Waals surface area (Å²) < 4.78 is 17.7. The van der Waals surface area contributed by atoms with Crippen LogP contribution in [0.5, 0.6) is 0 Å². The van der Waals surface area contributed by atoms with Crippen LogP contribution in [0.1, 0.15) is 11.4 Å². The van der Waals surface area contributed by atoms with E-state index in [-0.39, 0.29) is 5.82 Å². The van der Waals surface area contributed by atoms with Crippen molar-refractivity contribution in [3.63, 3.8) is 0 Å². The predicted molar refractivity (Wildman–Crippen MR) is 115 cm³/mol. The normalized spacial score (nSPS) is 11.2. The standard InChI is InChI=1S/C21H16ClFN8/c1-30-18(5-8-25-30)27-21-24-7-4-17(26-21)14-6-9-31-19(28-29-20(31)11-14)10-13-2-3-15(22)12-16(13)23/h2-9,11-12H,10H2,1H3,(H,24,26,27). The first-order chi connectivity index (χ1) is 15.1. The van der Waals surface area contributed by atoms with Crippen LogP contribution >= 0.6 is 11.6 Å². The van der Waals surface area contributed by atoms with Gasteiger partial charge in [0, 0.05) is 42.5 Å². The maximum atomic E-state index is 14.2. The Hall–Kier alpha value is -3.85. The summed E-state index contributed by atoms with van der Waals surface area (Å²) in [6.45, 7) is 0. The first-order valence-electron chi connectivity index (χ1n) is 9.43. The van der Waals surface area contributed by atoms with E-state index in [0.717, 1.165) is 17.1 Å². The molecule has 0 unspecified atom stereocenters. The zero-order valence-corrected chi connectivity index (χ0v) is 17.1. The molecule has 0 aliphatic heterocycles. The van der Waals surface area contributed by atoms with Gasteiger partial charge in [-0.25, -0.2) is 14.4 Å². The zero-order valence-electron chi connectivity index (χ0n) is 16.4. The molecule has 0 fully saturated rings. The van der Waals surface area contributed by atoms with Crippen LogP contribution in [0.15, 0.2) is 61.1 Å². The Kier molecular flexibility index (Phi) is 4.79. The number of aryl methyl sites for hydroxylation is 1. The summed E-state index contributed by atoms with van der Waals surface area (Å²) in [7, 11) is 1.83. The summed E-state index contributed by atoms with van der Waals surface area (Å²) in [6.07, 6.45) is 5.53. The fraction of sp³-hybridized carbons (Fsp3) is 0.0952. The van der Waals surface area contributed by atoms with Gasteiger partial charge in [0.1, 0.15) is 17.5 Å². The highest BCUT2D eigenvalue weighted by Gasteiger charge is 2.12. The Morgan fingerprint density at radius 3 is 2.77 bits per heavy atom. The van der Waals surface area contributed by atoms with E-state index in [9.17, 15) is 4.39 Å². The average Bonchev–Trinajstić information content (AvgIpc) is 3.36. The molecule has 31 heavy (non-hydrogen) atoms. The Morgan fingerprint density at radius 2 is 1.97 bits per heavy atom. The Labute approximate surface area is 181 Å². The molecule has 1 aromatic carbocycles. The van der Waals surface area contributed by atoms with Crippen LogP contribution in [0.2, 0.25) is 5.02 Å². The molecule has 0 saturated heterocycles. The van der Waals surface area contributed by atoms with E-state index in [0.29, 0.717) is 34.4 Å². The molecule has 10 heteroatoms. The minimum atomic E-state index is -0.365. The fourth-order valence-corrected chi connectivity index (χ4v) is 3.41. The second-order valence-corrected chi connectivity index (χ2v) is 7.34. The lowest BCUT2D eigenvalue weighted by Crippen LogP contribution is -2.03. The Morgan fingerprint density at radius 1 is 1.06 bits per heavy atom. The molecule has 154 valence electrons. The summed E-state index contributed by atoms with van der Waals surface area (Å²) in [5.74, 6) is 1.50. The smallest absolute Gasteiger partial charge is 0.228 e. The van der Waals surface area contributed by atoms with Gasteiger partial charge in [0.2, 0.25) is 5.95 Å². The van der Waals surface area contributed by atoms with Gasteiger partial charge in [-0.1, -0.05) is 17.7 Å². The SMILES string of the molecule is Cn1nccc1Nc1nccc(-c2ccn3c(Cc4ccc(Cl)cc4F)nnc3c2)n1. The highest BCUT2D eigenvalue weighted by molar-refractivity contribution is 6.30. The topological polar surface area (TPSA) is 85.8 Å². The lowest BCUT2D eigenvalue weighted by molar-refractivity contribution is 0.612. The molecule has 4 aromatic heterocycles. The van der Waals surface area contributed by atoms with Gasteiger partial charge in [-0.05, 0) is 35.9 Å². The van der Waals surface area contributed by atoms with E-state index in [1.54, 1.807) is 29.2 Å². The molecule has 0 aliphatic carbocycles. The second kappa shape index (κ2) is 7.77. The van der Waals surface area contributed by atoms with Crippen molar-refractivity contribution < 1.29 is 4.39 Å². The Bertz CT molecular complexity index is 1390. The minimum Gasteiger partial charge on any atom is -0.309 e. The van der Waals surface area contributed by atoms with Crippen LogP contribution in [0.25, 0.3) is 16.9 Å². The van der Waals surface area contributed by atoms with Crippen molar-refractivity contribution >= 4 is 29.0 Å². The summed E-state index contributed by atoms with van der Waals surface area (Å²) in [5, 5.41) is 16.1. The van der Waals surface area contributed by atoms with Gasteiger partial charge in [0.25, 0.3) is 0 Å². The molecule has 0 saturated carbocycles. The molecule has 1 N–H and O–H groups in total. The van der Waals surface area contributed by atoms with Crippen LogP contribution in [-0.2, 0) is 13.5 Å². The van der Waals surface area contributed by atoms with E-state index in [4.69, 9.17) is 11.6 Å². The van der Waals surface area contributed by atoms with Crippen LogP contribution in [-0.4, -0.2) is 34.3 Å². The molecule has 0 bridgehead atoms. The van der Waals surface area contributed by atoms with Gasteiger partial charge in [0.05, 0.1) is 11.9 Å². The third-order valence-electron chi connectivity index (χ3n) is 4.86. The largest absolute Gasteiger partial charge is 0.309 e. The first kappa shape index (κ1) is 19.1. The number of aromatic nitrogens is 7. The molecule has 0 amide bonds. The maximum Gasteiger partial charge on any atom is 0.228 e. The lowest BCUT2D eigenvalue weighted by Gasteiger charge is -2.07. The summed E-state index contributed by atoms with van der Waals surface area (Å²) >= 11 is 5.84. The van der Waals surface area contributed by atoms with E-state index in [1.807, 2.05) is 41.9 Å². The van der Waals surface area contributed by atoms with Crippen molar-refractivity contribution in [1.29, 1.82) is 0 Å². The molecule has 4 heterocycles. The molecule has 0 radical (unpaired) electrons. The number of rotatable bonds is 5. The highest BCUT2D eigenvalue weighted by Crippen LogP contribution is 2.22. The quantitative estimate of drug-likeness (QED) is 0.449. The molecular formula is C21H16ClFN8. The third-order valence-corrected chi connectivity index (χ3v) is 5.09. The summed E-state index contributed by atoms with van der Waals surface area (Å²) in [5.41, 5.74) is 2.74. The van der Waals surface area contributed by atoms with E-state index in [1.165, 1.54) is 6.07 Å². The third kappa shape index (κ3) is 3.82.